The lowest BCUT2D eigenvalue weighted by molar-refractivity contribution is -0.139. The molecule has 0 atom stereocenters. The van der Waals surface area contributed by atoms with Gasteiger partial charge in [0.05, 0.1) is 48.5 Å². The van der Waals surface area contributed by atoms with E-state index in [1.165, 1.54) is 19.2 Å². The van der Waals surface area contributed by atoms with E-state index in [1.54, 1.807) is 44.4 Å². The molecule has 1 spiro atoms. The highest BCUT2D eigenvalue weighted by Crippen LogP contribution is 2.39. The summed E-state index contributed by atoms with van der Waals surface area (Å²) in [4.78, 5) is 23.5. The van der Waals surface area contributed by atoms with Crippen LogP contribution in [0, 0.1) is 12.3 Å². The van der Waals surface area contributed by atoms with E-state index in [-0.39, 0.29) is 5.02 Å². The number of hydrogen-bond acceptors (Lipinski definition) is 10. The van der Waals surface area contributed by atoms with Crippen LogP contribution in [-0.2, 0) is 4.74 Å². The van der Waals surface area contributed by atoms with Crippen LogP contribution in [0.15, 0.2) is 47.2 Å². The fourth-order valence-corrected chi connectivity index (χ4v) is 5.48. The number of piperidine rings is 1. The number of halogens is 1. The number of benzene rings is 2. The molecule has 0 radical (unpaired) electrons. The van der Waals surface area contributed by atoms with Gasteiger partial charge in [-0.1, -0.05) is 16.8 Å². The second-order valence-corrected chi connectivity index (χ2v) is 11.3. The van der Waals surface area contributed by atoms with Gasteiger partial charge in [0.1, 0.15) is 17.8 Å². The predicted octanol–water partition coefficient (Wildman–Crippen LogP) is 5.91. The first-order valence-corrected chi connectivity index (χ1v) is 14.5. The Morgan fingerprint density at radius 2 is 1.93 bits per heavy atom. The van der Waals surface area contributed by atoms with Gasteiger partial charge in [-0.05, 0) is 57.5 Å². The summed E-state index contributed by atoms with van der Waals surface area (Å²) in [6.07, 6.45) is 4.77. The number of methoxy groups -OCH3 is 1. The molecule has 12 nitrogen and oxygen atoms in total. The van der Waals surface area contributed by atoms with E-state index in [4.69, 9.17) is 35.1 Å². The molecule has 2 amide bonds. The summed E-state index contributed by atoms with van der Waals surface area (Å²) in [6.45, 7) is 7.37. The van der Waals surface area contributed by atoms with Crippen molar-refractivity contribution in [2.75, 3.05) is 57.2 Å². The van der Waals surface area contributed by atoms with Gasteiger partial charge in [-0.3, -0.25) is 5.32 Å². The van der Waals surface area contributed by atoms with E-state index in [0.29, 0.717) is 63.3 Å². The highest BCUT2D eigenvalue weighted by Gasteiger charge is 2.40. The molecule has 2 N–H and O–H groups in total. The summed E-state index contributed by atoms with van der Waals surface area (Å²) >= 11 is 6.43. The summed E-state index contributed by atoms with van der Waals surface area (Å²) in [7, 11) is 1.59. The first kappa shape index (κ1) is 29.0. The van der Waals surface area contributed by atoms with Crippen molar-refractivity contribution >= 4 is 40.0 Å². The number of rotatable bonds is 10. The Balaban J connectivity index is 1.07. The van der Waals surface area contributed by atoms with Crippen molar-refractivity contribution < 1.29 is 28.3 Å². The average molecular weight is 609 g/mol. The van der Waals surface area contributed by atoms with Gasteiger partial charge in [0.15, 0.2) is 17.3 Å². The molecular weight excluding hydrogens is 576 g/mol. The molecule has 2 aromatic heterocycles. The maximum absolute atomic E-state index is 12.3. The van der Waals surface area contributed by atoms with Crippen LogP contribution in [0.5, 0.6) is 23.1 Å². The van der Waals surface area contributed by atoms with Crippen LogP contribution in [-0.4, -0.2) is 72.6 Å². The van der Waals surface area contributed by atoms with E-state index in [9.17, 15) is 4.79 Å². The maximum Gasteiger partial charge on any atom is 0.324 e. The number of ether oxygens (including phenoxy) is 4. The molecule has 226 valence electrons. The zero-order valence-electron chi connectivity index (χ0n) is 24.0. The Hall–Kier alpha value is -4.13. The number of anilines is 2. The lowest BCUT2D eigenvalue weighted by Crippen LogP contribution is -2.51. The summed E-state index contributed by atoms with van der Waals surface area (Å²) in [6, 6.07) is 9.61. The Bertz CT molecular complexity index is 1600. The third-order valence-corrected chi connectivity index (χ3v) is 8.08. The van der Waals surface area contributed by atoms with E-state index in [2.05, 4.69) is 30.7 Å². The van der Waals surface area contributed by atoms with E-state index in [0.717, 1.165) is 39.3 Å². The minimum absolute atomic E-state index is 0.275. The molecule has 2 aliphatic rings. The molecule has 13 heteroatoms. The van der Waals surface area contributed by atoms with E-state index in [1.807, 2.05) is 6.07 Å². The molecule has 2 aromatic carbocycles. The Labute approximate surface area is 253 Å². The minimum atomic E-state index is -0.514. The summed E-state index contributed by atoms with van der Waals surface area (Å²) in [5.74, 6) is 2.79. The number of hydrogen-bond donors (Lipinski definition) is 2. The second-order valence-electron chi connectivity index (χ2n) is 10.9. The van der Waals surface area contributed by atoms with Crippen molar-refractivity contribution in [2.24, 2.45) is 5.41 Å². The Kier molecular flexibility index (Phi) is 8.50. The van der Waals surface area contributed by atoms with Crippen molar-refractivity contribution in [1.29, 1.82) is 0 Å². The fraction of sp³-hybridized carbons (Fsp3) is 0.400. The number of urea groups is 1. The lowest BCUT2D eigenvalue weighted by atomic mass is 9.77. The second kappa shape index (κ2) is 12.6. The van der Waals surface area contributed by atoms with Gasteiger partial charge < -0.3 is 33.7 Å². The van der Waals surface area contributed by atoms with Gasteiger partial charge in [0.2, 0.25) is 5.88 Å². The molecule has 4 heterocycles. The van der Waals surface area contributed by atoms with Gasteiger partial charge in [0, 0.05) is 30.2 Å². The summed E-state index contributed by atoms with van der Waals surface area (Å²) in [5.41, 5.74) is 1.48. The molecule has 4 aromatic rings. The Morgan fingerprint density at radius 1 is 1.09 bits per heavy atom. The molecule has 0 aliphatic carbocycles. The minimum Gasteiger partial charge on any atom is -0.493 e. The van der Waals surface area contributed by atoms with Crippen molar-refractivity contribution in [3.8, 4) is 23.1 Å². The lowest BCUT2D eigenvalue weighted by Gasteiger charge is -2.47. The number of carbonyl (C=O) groups is 1. The summed E-state index contributed by atoms with van der Waals surface area (Å²) < 4.78 is 28.2. The molecule has 0 unspecified atom stereocenters. The van der Waals surface area contributed by atoms with Crippen LogP contribution in [0.1, 0.15) is 25.0 Å². The third kappa shape index (κ3) is 6.76. The molecule has 2 fully saturated rings. The van der Waals surface area contributed by atoms with Gasteiger partial charge in [0.25, 0.3) is 0 Å². The van der Waals surface area contributed by atoms with Crippen LogP contribution in [0.4, 0.5) is 16.3 Å². The largest absolute Gasteiger partial charge is 0.493 e. The Morgan fingerprint density at radius 3 is 2.63 bits per heavy atom. The predicted molar refractivity (Wildman–Crippen MR) is 161 cm³/mol. The van der Waals surface area contributed by atoms with Crippen molar-refractivity contribution in [1.82, 2.24) is 20.0 Å². The molecule has 2 saturated heterocycles. The van der Waals surface area contributed by atoms with Crippen LogP contribution in [0.3, 0.4) is 0 Å². The molecule has 6 rings (SSSR count). The number of fused-ring (bicyclic) bond motifs is 1. The zero-order chi connectivity index (χ0) is 29.8. The molecule has 2 aliphatic heterocycles. The summed E-state index contributed by atoms with van der Waals surface area (Å²) in [5, 5.41) is 9.91. The van der Waals surface area contributed by atoms with Crippen molar-refractivity contribution in [3.05, 3.63) is 53.5 Å². The van der Waals surface area contributed by atoms with Gasteiger partial charge in [-0.25, -0.2) is 14.8 Å². The monoisotopic (exact) mass is 608 g/mol. The van der Waals surface area contributed by atoms with E-state index < -0.39 is 6.03 Å². The average Bonchev–Trinajstić information content (AvgIpc) is 3.40. The van der Waals surface area contributed by atoms with Crippen LogP contribution < -0.4 is 24.8 Å². The molecule has 43 heavy (non-hydrogen) atoms. The topological polar surface area (TPSA) is 133 Å². The molecule has 0 bridgehead atoms. The highest BCUT2D eigenvalue weighted by molar-refractivity contribution is 6.34. The standard InChI is InChI=1S/C30H33ClN6O6/c1-19-12-27(36-43-19)35-29(38)34-23-5-4-20(13-22(23)31)42-28-21-14-25(39-2)26(15-24(21)32-18-33-28)41-11-3-8-37-9-6-30(7-10-37)16-40-17-30/h4-5,12-15,18H,3,6-11,16-17H2,1-2H3,(H2,34,35,36,38). The number of nitrogens with zero attached hydrogens (tertiary/aromatic N) is 4. The number of likely N-dealkylation sites (tertiary alicyclic amines) is 1. The number of amides is 2. The van der Waals surface area contributed by atoms with E-state index >= 15 is 0 Å². The van der Waals surface area contributed by atoms with Gasteiger partial charge >= 0.3 is 6.03 Å². The van der Waals surface area contributed by atoms with Crippen molar-refractivity contribution in [2.45, 2.75) is 26.2 Å². The maximum atomic E-state index is 12.3. The van der Waals surface area contributed by atoms with Gasteiger partial charge in [-0.15, -0.1) is 0 Å². The van der Waals surface area contributed by atoms with Crippen molar-refractivity contribution in [3.63, 3.8) is 0 Å². The molecule has 0 saturated carbocycles. The van der Waals surface area contributed by atoms with Crippen LogP contribution >= 0.6 is 11.6 Å². The van der Waals surface area contributed by atoms with Gasteiger partial charge in [-0.2, -0.15) is 0 Å². The first-order chi connectivity index (χ1) is 20.9. The third-order valence-electron chi connectivity index (χ3n) is 7.77. The van der Waals surface area contributed by atoms with Crippen LogP contribution in [0.2, 0.25) is 5.02 Å². The number of nitrogens with one attached hydrogen (secondary N) is 2. The number of carbonyl (C=O) groups excluding carboxylic acids is 1. The smallest absolute Gasteiger partial charge is 0.324 e. The number of aryl methyl sites for hydroxylation is 1. The highest BCUT2D eigenvalue weighted by atomic mass is 35.5. The fourth-order valence-electron chi connectivity index (χ4n) is 5.26. The first-order valence-electron chi connectivity index (χ1n) is 14.1. The van der Waals surface area contributed by atoms with Crippen LogP contribution in [0.25, 0.3) is 10.9 Å². The normalized spacial score (nSPS) is 16.1. The number of aromatic nitrogens is 3. The zero-order valence-corrected chi connectivity index (χ0v) is 24.8. The quantitative estimate of drug-likeness (QED) is 0.209. The SMILES string of the molecule is COc1cc2c(Oc3ccc(NC(=O)Nc4cc(C)on4)c(Cl)c3)ncnc2cc1OCCCN1CCC2(CC1)COC2. The molecular formula is C30H33ClN6O6.